The van der Waals surface area contributed by atoms with Crippen LogP contribution in [-0.2, 0) is 42.7 Å². The minimum absolute atomic E-state index is 0.0874. The molecule has 416 valence electrons. The second-order valence-electron chi connectivity index (χ2n) is 24.4. The van der Waals surface area contributed by atoms with Crippen LogP contribution in [0.5, 0.6) is 0 Å². The van der Waals surface area contributed by atoms with E-state index in [9.17, 15) is 66.1 Å². The molecule has 0 aromatic carbocycles. The molecule has 4 heterocycles. The number of allylic oxidation sites excluding steroid dienone is 3. The number of aliphatic hydroxyl groups is 12. The second-order valence-corrected chi connectivity index (χ2v) is 24.4. The van der Waals surface area contributed by atoms with Crippen molar-refractivity contribution in [3.05, 3.63) is 23.8 Å². The van der Waals surface area contributed by atoms with Crippen LogP contribution < -0.4 is 0 Å². The van der Waals surface area contributed by atoms with E-state index in [-0.39, 0.29) is 52.1 Å². The van der Waals surface area contributed by atoms with Gasteiger partial charge in [-0.25, -0.2) is 0 Å². The molecular weight excluding hydrogens is 961 g/mol. The number of fused-ring (bicyclic) bond motifs is 7. The molecule has 9 aliphatic rings. The van der Waals surface area contributed by atoms with Gasteiger partial charge in [0.15, 0.2) is 18.9 Å². The molecular formula is C52H82O21. The Bertz CT molecular complexity index is 2040. The third-order valence-electron chi connectivity index (χ3n) is 20.4. The van der Waals surface area contributed by atoms with E-state index in [0.717, 1.165) is 37.7 Å². The van der Waals surface area contributed by atoms with Gasteiger partial charge < -0.3 is 99.2 Å². The number of hydrogen-bond acceptors (Lipinski definition) is 21. The summed E-state index contributed by atoms with van der Waals surface area (Å²) in [5.74, 6) is -0.327. The Kier molecular flexibility index (Phi) is 15.7. The average Bonchev–Trinajstić information content (AvgIpc) is 3.35. The Morgan fingerprint density at radius 1 is 0.685 bits per heavy atom. The molecule has 9 rings (SSSR count). The Labute approximate surface area is 426 Å². The van der Waals surface area contributed by atoms with Gasteiger partial charge in [0.05, 0.1) is 37.4 Å². The molecule has 4 saturated heterocycles. The summed E-state index contributed by atoms with van der Waals surface area (Å²) in [5.41, 5.74) is 0.339. The molecule has 0 aromatic heterocycles. The zero-order valence-electron chi connectivity index (χ0n) is 42.8. The van der Waals surface area contributed by atoms with Gasteiger partial charge in [0.25, 0.3) is 0 Å². The fraction of sp³-hybridized carbons (Fsp3) is 0.904. The van der Waals surface area contributed by atoms with Crippen molar-refractivity contribution in [3.8, 4) is 0 Å². The van der Waals surface area contributed by atoms with Crippen LogP contribution in [0.15, 0.2) is 23.8 Å². The smallest absolute Gasteiger partial charge is 0.315 e. The minimum Gasteiger partial charge on any atom is -0.432 e. The summed E-state index contributed by atoms with van der Waals surface area (Å²) < 4.78 is 46.9. The number of esters is 1. The van der Waals surface area contributed by atoms with Crippen LogP contribution >= 0.6 is 0 Å². The van der Waals surface area contributed by atoms with Crippen molar-refractivity contribution in [2.75, 3.05) is 19.8 Å². The first-order valence-corrected chi connectivity index (χ1v) is 26.4. The lowest BCUT2D eigenvalue weighted by molar-refractivity contribution is -0.361. The standard InChI is InChI=1S/C52H82O21/c1-22-10-15-52(47(65)73-46-40(63)36(59)34(57)28(70-46)21-67-43-41(64)37(60)42(27(19-53)69-43)72-45-39(62)35(58)32(55)23(2)68-45)17-16-50(6)24(25(52)18-22)8-9-30-49(5)13-12-31(48(3,4)29(49)11-14-51(30,50)7)71-44-38(61)33(56)26(54)20-66-44/h8,23,25-46,53-64H,1,9-21H2,2-7H3/t23-,25-,26-,27+,28+,29-,30+,31-,32-,33-,34+,35+,36-,37+,38+,39+,40+,41+,42+,43+,44-,45-,46-,49-,50+,51+,52-/m0/s1. The van der Waals surface area contributed by atoms with E-state index in [2.05, 4.69) is 47.3 Å². The minimum atomic E-state index is -1.87. The molecule has 0 unspecified atom stereocenters. The van der Waals surface area contributed by atoms with Crippen molar-refractivity contribution in [3.63, 3.8) is 0 Å². The van der Waals surface area contributed by atoms with Crippen LogP contribution in [-0.4, -0.2) is 210 Å². The molecule has 21 heteroatoms. The lowest BCUT2D eigenvalue weighted by Crippen LogP contribution is -2.66. The van der Waals surface area contributed by atoms with E-state index in [1.165, 1.54) is 12.5 Å². The van der Waals surface area contributed by atoms with Gasteiger partial charge in [0.2, 0.25) is 6.29 Å². The predicted molar refractivity (Wildman–Crippen MR) is 251 cm³/mol. The fourth-order valence-electron chi connectivity index (χ4n) is 15.7. The fourth-order valence-corrected chi connectivity index (χ4v) is 15.7. The molecule has 12 N–H and O–H groups in total. The van der Waals surface area contributed by atoms with E-state index in [1.54, 1.807) is 0 Å². The zero-order valence-corrected chi connectivity index (χ0v) is 42.8. The summed E-state index contributed by atoms with van der Waals surface area (Å²) in [7, 11) is 0. The summed E-state index contributed by atoms with van der Waals surface area (Å²) in [6, 6.07) is 0. The van der Waals surface area contributed by atoms with Crippen LogP contribution in [0, 0.1) is 44.8 Å². The highest BCUT2D eigenvalue weighted by molar-refractivity contribution is 5.79. The van der Waals surface area contributed by atoms with Crippen LogP contribution in [0.3, 0.4) is 0 Å². The maximum absolute atomic E-state index is 15.0. The lowest BCUT2D eigenvalue weighted by atomic mass is 9.34. The van der Waals surface area contributed by atoms with Crippen molar-refractivity contribution in [2.24, 2.45) is 44.8 Å². The van der Waals surface area contributed by atoms with Crippen molar-refractivity contribution in [1.29, 1.82) is 0 Å². The topological polar surface area (TPSA) is 334 Å². The molecule has 0 spiro atoms. The van der Waals surface area contributed by atoms with Crippen LogP contribution in [0.25, 0.3) is 0 Å². The van der Waals surface area contributed by atoms with Crippen molar-refractivity contribution >= 4 is 5.97 Å². The Morgan fingerprint density at radius 3 is 2.05 bits per heavy atom. The van der Waals surface area contributed by atoms with E-state index < -0.39 is 141 Å². The second kappa shape index (κ2) is 20.4. The number of ether oxygens (including phenoxy) is 8. The summed E-state index contributed by atoms with van der Waals surface area (Å²) in [6.07, 6.45) is -20.3. The highest BCUT2D eigenvalue weighted by Gasteiger charge is 2.70. The number of hydrogen-bond donors (Lipinski definition) is 12. The van der Waals surface area contributed by atoms with Crippen LogP contribution in [0.1, 0.15) is 106 Å². The third kappa shape index (κ3) is 9.12. The number of rotatable bonds is 10. The monoisotopic (exact) mass is 1040 g/mol. The maximum atomic E-state index is 15.0. The van der Waals surface area contributed by atoms with Gasteiger partial charge in [-0.2, -0.15) is 0 Å². The van der Waals surface area contributed by atoms with Gasteiger partial charge in [-0.1, -0.05) is 58.4 Å². The molecule has 5 aliphatic carbocycles. The van der Waals surface area contributed by atoms with Gasteiger partial charge >= 0.3 is 5.97 Å². The normalized spacial score (nSPS) is 54.0. The molecule has 73 heavy (non-hydrogen) atoms. The van der Waals surface area contributed by atoms with E-state index in [4.69, 9.17) is 37.9 Å². The van der Waals surface area contributed by atoms with Gasteiger partial charge in [-0.15, -0.1) is 0 Å². The molecule has 4 saturated carbocycles. The SMILES string of the molecule is C=C1CC[C@]2(C(=O)O[C@@H]3O[C@H](CO[C@@H]4O[C@H](CO)[C@@H](O[C@@H]5O[C@@H](C)[C@H](O)[C@@H](O)[C@H]5O)[C@H](O)[C@H]4O)[C@@H](O)[C@H](O)[C@H]3O)CC[C@]3(C)C(=CC[C@@H]4[C@@]5(C)CC[C@H](O[C@@H]6OC[C@H](O)[C@H](O)[C@H]6O)C(C)(C)[C@@H]5CC[C@]43C)[C@@H]2C1. The molecule has 21 nitrogen and oxygen atoms in total. The summed E-state index contributed by atoms with van der Waals surface area (Å²) in [6.45, 7) is 15.9. The largest absolute Gasteiger partial charge is 0.432 e. The quantitative estimate of drug-likeness (QED) is 0.0721. The predicted octanol–water partition coefficient (Wildman–Crippen LogP) is -0.839. The molecule has 0 amide bonds. The van der Waals surface area contributed by atoms with Crippen LogP contribution in [0.4, 0.5) is 0 Å². The first-order valence-electron chi connectivity index (χ1n) is 26.4. The molecule has 4 aliphatic heterocycles. The lowest BCUT2D eigenvalue weighted by Gasteiger charge is -2.71. The van der Waals surface area contributed by atoms with Gasteiger partial charge in [-0.3, -0.25) is 4.79 Å². The average molecular weight is 1040 g/mol. The Balaban J connectivity index is 0.880. The Morgan fingerprint density at radius 2 is 1.34 bits per heavy atom. The Hall–Kier alpha value is -1.81. The van der Waals surface area contributed by atoms with Gasteiger partial charge in [0.1, 0.15) is 85.5 Å². The molecule has 8 fully saturated rings. The first kappa shape index (κ1) is 55.9. The van der Waals surface area contributed by atoms with E-state index in [1.807, 2.05) is 0 Å². The van der Waals surface area contributed by atoms with Crippen molar-refractivity contribution in [1.82, 2.24) is 0 Å². The van der Waals surface area contributed by atoms with Gasteiger partial charge in [0, 0.05) is 5.92 Å². The molecule has 0 radical (unpaired) electrons. The number of carbonyl (C=O) groups excluding carboxylic acids is 1. The van der Waals surface area contributed by atoms with Gasteiger partial charge in [-0.05, 0) is 105 Å². The summed E-state index contributed by atoms with van der Waals surface area (Å²) in [4.78, 5) is 15.0. The summed E-state index contributed by atoms with van der Waals surface area (Å²) in [5, 5.41) is 128. The molecule has 27 atom stereocenters. The zero-order chi connectivity index (χ0) is 53.1. The van der Waals surface area contributed by atoms with E-state index >= 15 is 0 Å². The highest BCUT2D eigenvalue weighted by Crippen LogP contribution is 2.75. The summed E-state index contributed by atoms with van der Waals surface area (Å²) >= 11 is 0. The number of aliphatic hydroxyl groups excluding tert-OH is 12. The van der Waals surface area contributed by atoms with Crippen LogP contribution in [0.2, 0.25) is 0 Å². The third-order valence-corrected chi connectivity index (χ3v) is 20.4. The maximum Gasteiger partial charge on any atom is 0.315 e. The first-order chi connectivity index (χ1) is 34.2. The molecule has 0 aromatic rings. The van der Waals surface area contributed by atoms with Crippen molar-refractivity contribution in [2.45, 2.75) is 229 Å². The number of carbonyl (C=O) groups is 1. The highest BCUT2D eigenvalue weighted by atomic mass is 16.8. The van der Waals surface area contributed by atoms with E-state index in [0.29, 0.717) is 32.1 Å². The molecule has 0 bridgehead atoms. The van der Waals surface area contributed by atoms with Crippen molar-refractivity contribution < 1.29 is 104 Å².